The van der Waals surface area contributed by atoms with E-state index in [1.807, 2.05) is 30.5 Å². The highest BCUT2D eigenvalue weighted by molar-refractivity contribution is 7.99. The van der Waals surface area contributed by atoms with Gasteiger partial charge in [-0.2, -0.15) is 0 Å². The molecule has 2 aromatic heterocycles. The number of carbonyl (C=O) groups is 2. The van der Waals surface area contributed by atoms with Gasteiger partial charge in [-0.3, -0.25) is 4.79 Å². The molecule has 3 N–H and O–H groups in total. The number of H-pyrrole nitrogens is 1. The second kappa shape index (κ2) is 11.0. The molecular weight excluding hydrogens is 502 g/mol. The van der Waals surface area contributed by atoms with Crippen molar-refractivity contribution >= 4 is 52.0 Å². The molecule has 36 heavy (non-hydrogen) atoms. The number of fused-ring (bicyclic) bond motifs is 1. The van der Waals surface area contributed by atoms with Gasteiger partial charge in [-0.25, -0.2) is 4.79 Å². The highest BCUT2D eigenvalue weighted by atomic mass is 35.5. The van der Waals surface area contributed by atoms with Gasteiger partial charge in [0.1, 0.15) is 11.6 Å². The highest BCUT2D eigenvalue weighted by Crippen LogP contribution is 2.27. The fraction of sp³-hybridized carbons (Fsp3) is 0.280. The van der Waals surface area contributed by atoms with Gasteiger partial charge < -0.3 is 24.8 Å². The molecule has 9 nitrogen and oxygen atoms in total. The van der Waals surface area contributed by atoms with Gasteiger partial charge in [-0.05, 0) is 50.6 Å². The molecule has 4 rings (SSSR count). The fourth-order valence-electron chi connectivity index (χ4n) is 3.48. The number of hydrogen-bond donors (Lipinski definition) is 3. The number of thioether (sulfide) groups is 1. The molecule has 11 heteroatoms. The number of rotatable bonds is 8. The molecule has 0 aliphatic carbocycles. The molecule has 4 aromatic rings. The standard InChI is InChI=1S/C25H26ClN5O4S/c1-25(2,3)35-23(33)29-20(11-15-13-27-19-10-5-4-9-18(15)19)22-30-31-24(34-22)36-14-21(32)28-17-8-6-7-16(26)12-17/h4-10,12-13,20,27H,11,14H2,1-3H3,(H,28,32)(H,29,33)/t20-/m1/s1. The van der Waals surface area contributed by atoms with Crippen molar-refractivity contribution in [3.8, 4) is 0 Å². The van der Waals surface area contributed by atoms with Gasteiger partial charge in [-0.15, -0.1) is 10.2 Å². The van der Waals surface area contributed by atoms with Crippen molar-refractivity contribution in [2.75, 3.05) is 11.1 Å². The first-order valence-corrected chi connectivity index (χ1v) is 12.6. The Balaban J connectivity index is 1.46. The summed E-state index contributed by atoms with van der Waals surface area (Å²) in [6.07, 6.45) is 1.69. The average molecular weight is 528 g/mol. The van der Waals surface area contributed by atoms with Crippen LogP contribution in [-0.4, -0.2) is 38.5 Å². The SMILES string of the molecule is CC(C)(C)OC(=O)N[C@H](Cc1c[nH]c2ccccc12)c1nnc(SCC(=O)Nc2cccc(Cl)c2)o1. The van der Waals surface area contributed by atoms with Crippen LogP contribution in [0.25, 0.3) is 10.9 Å². The molecule has 0 radical (unpaired) electrons. The van der Waals surface area contributed by atoms with Crippen LogP contribution in [0, 0.1) is 0 Å². The van der Waals surface area contributed by atoms with E-state index < -0.39 is 17.7 Å². The number of amides is 2. The predicted octanol–water partition coefficient (Wildman–Crippen LogP) is 5.74. The van der Waals surface area contributed by atoms with E-state index in [0.29, 0.717) is 17.1 Å². The molecule has 0 aliphatic rings. The Morgan fingerprint density at radius 2 is 1.97 bits per heavy atom. The molecule has 0 unspecified atom stereocenters. The third-order valence-corrected chi connectivity index (χ3v) is 6.00. The number of para-hydroxylation sites is 1. The number of halogens is 1. The Morgan fingerprint density at radius 3 is 2.75 bits per heavy atom. The number of benzene rings is 2. The summed E-state index contributed by atoms with van der Waals surface area (Å²) >= 11 is 7.05. The van der Waals surface area contributed by atoms with Gasteiger partial charge in [0.05, 0.1) is 5.75 Å². The number of nitrogens with one attached hydrogen (secondary N) is 3. The number of ether oxygens (including phenoxy) is 1. The van der Waals surface area contributed by atoms with Crippen molar-refractivity contribution in [3.05, 3.63) is 71.2 Å². The third kappa shape index (κ3) is 7.02. The van der Waals surface area contributed by atoms with Crippen LogP contribution in [0.5, 0.6) is 0 Å². The van der Waals surface area contributed by atoms with Crippen molar-refractivity contribution in [1.82, 2.24) is 20.5 Å². The summed E-state index contributed by atoms with van der Waals surface area (Å²) in [6.45, 7) is 5.37. The van der Waals surface area contributed by atoms with E-state index in [2.05, 4.69) is 25.8 Å². The van der Waals surface area contributed by atoms with E-state index in [4.69, 9.17) is 20.8 Å². The number of alkyl carbamates (subject to hydrolysis) is 1. The number of anilines is 1. The lowest BCUT2D eigenvalue weighted by Crippen LogP contribution is -2.36. The first-order valence-electron chi connectivity index (χ1n) is 11.2. The molecule has 1 atom stereocenters. The summed E-state index contributed by atoms with van der Waals surface area (Å²) < 4.78 is 11.2. The quantitative estimate of drug-likeness (QED) is 0.249. The largest absolute Gasteiger partial charge is 0.444 e. The Morgan fingerprint density at radius 1 is 1.17 bits per heavy atom. The molecule has 188 valence electrons. The lowest BCUT2D eigenvalue weighted by Gasteiger charge is -2.22. The first kappa shape index (κ1) is 25.6. The van der Waals surface area contributed by atoms with E-state index in [1.54, 1.807) is 45.0 Å². The summed E-state index contributed by atoms with van der Waals surface area (Å²) in [5.74, 6) is 0.0222. The molecule has 0 bridgehead atoms. The summed E-state index contributed by atoms with van der Waals surface area (Å²) in [5, 5.41) is 15.6. The number of aromatic amines is 1. The van der Waals surface area contributed by atoms with Crippen LogP contribution in [-0.2, 0) is 16.0 Å². The van der Waals surface area contributed by atoms with E-state index >= 15 is 0 Å². The first-order chi connectivity index (χ1) is 17.2. The zero-order valence-electron chi connectivity index (χ0n) is 20.0. The minimum atomic E-state index is -0.665. The normalized spacial score (nSPS) is 12.3. The van der Waals surface area contributed by atoms with Crippen molar-refractivity contribution < 1.29 is 18.7 Å². The summed E-state index contributed by atoms with van der Waals surface area (Å²) in [4.78, 5) is 28.1. The fourth-order valence-corrected chi connectivity index (χ4v) is 4.24. The van der Waals surface area contributed by atoms with Crippen LogP contribution in [0.3, 0.4) is 0 Å². The highest BCUT2D eigenvalue weighted by Gasteiger charge is 2.26. The molecule has 2 aromatic carbocycles. The molecular formula is C25H26ClN5O4S. The lowest BCUT2D eigenvalue weighted by molar-refractivity contribution is -0.113. The number of nitrogens with zero attached hydrogens (tertiary/aromatic N) is 2. The Kier molecular flexibility index (Phi) is 7.85. The minimum absolute atomic E-state index is 0.0563. The molecule has 0 fully saturated rings. The molecule has 2 amide bonds. The van der Waals surface area contributed by atoms with Gasteiger partial charge in [0.25, 0.3) is 5.22 Å². The van der Waals surface area contributed by atoms with Crippen LogP contribution in [0.15, 0.2) is 64.4 Å². The van der Waals surface area contributed by atoms with Crippen molar-refractivity contribution in [3.63, 3.8) is 0 Å². The smallest absolute Gasteiger partial charge is 0.408 e. The summed E-state index contributed by atoms with van der Waals surface area (Å²) in [5.41, 5.74) is 1.89. The van der Waals surface area contributed by atoms with E-state index in [9.17, 15) is 9.59 Å². The van der Waals surface area contributed by atoms with Crippen molar-refractivity contribution in [1.29, 1.82) is 0 Å². The van der Waals surface area contributed by atoms with Crippen molar-refractivity contribution in [2.24, 2.45) is 0 Å². The number of aromatic nitrogens is 3. The van der Waals surface area contributed by atoms with E-state index in [1.165, 1.54) is 0 Å². The number of hydrogen-bond acceptors (Lipinski definition) is 7. The lowest BCUT2D eigenvalue weighted by atomic mass is 10.1. The Bertz CT molecular complexity index is 1360. The second-order valence-corrected chi connectivity index (χ2v) is 10.4. The van der Waals surface area contributed by atoms with Gasteiger partial charge in [0, 0.05) is 34.2 Å². The molecule has 0 aliphatic heterocycles. The maximum absolute atomic E-state index is 12.6. The Labute approximate surface area is 217 Å². The van der Waals surface area contributed by atoms with Crippen LogP contribution < -0.4 is 10.6 Å². The van der Waals surface area contributed by atoms with E-state index in [0.717, 1.165) is 28.2 Å². The molecule has 0 spiro atoms. The van der Waals surface area contributed by atoms with Gasteiger partial charge >= 0.3 is 6.09 Å². The van der Waals surface area contributed by atoms with Crippen LogP contribution in [0.2, 0.25) is 5.02 Å². The monoisotopic (exact) mass is 527 g/mol. The van der Waals surface area contributed by atoms with Crippen LogP contribution in [0.4, 0.5) is 10.5 Å². The minimum Gasteiger partial charge on any atom is -0.444 e. The van der Waals surface area contributed by atoms with Gasteiger partial charge in [0.2, 0.25) is 11.8 Å². The maximum Gasteiger partial charge on any atom is 0.408 e. The van der Waals surface area contributed by atoms with Gasteiger partial charge in [-0.1, -0.05) is 47.6 Å². The maximum atomic E-state index is 12.6. The molecule has 2 heterocycles. The van der Waals surface area contributed by atoms with Crippen LogP contribution in [0.1, 0.15) is 38.3 Å². The van der Waals surface area contributed by atoms with Crippen molar-refractivity contribution in [2.45, 2.75) is 44.1 Å². The molecule has 0 saturated heterocycles. The number of carbonyl (C=O) groups excluding carboxylic acids is 2. The van der Waals surface area contributed by atoms with Gasteiger partial charge in [0.15, 0.2) is 0 Å². The molecule has 0 saturated carbocycles. The second-order valence-electron chi connectivity index (χ2n) is 9.02. The van der Waals surface area contributed by atoms with Crippen LogP contribution >= 0.6 is 23.4 Å². The topological polar surface area (TPSA) is 122 Å². The Hall–Kier alpha value is -3.50. The summed E-state index contributed by atoms with van der Waals surface area (Å²) in [7, 11) is 0. The zero-order chi connectivity index (χ0) is 25.7. The summed E-state index contributed by atoms with van der Waals surface area (Å²) in [6, 6.07) is 14.1. The zero-order valence-corrected chi connectivity index (χ0v) is 21.6. The average Bonchev–Trinajstić information content (AvgIpc) is 3.43. The van der Waals surface area contributed by atoms with E-state index in [-0.39, 0.29) is 22.8 Å². The third-order valence-electron chi connectivity index (χ3n) is 4.95. The predicted molar refractivity (Wildman–Crippen MR) is 139 cm³/mol.